The smallest absolute Gasteiger partial charge is 0.267 e. The summed E-state index contributed by atoms with van der Waals surface area (Å²) in [5.41, 5.74) is 1.39. The molecule has 0 radical (unpaired) electrons. The van der Waals surface area contributed by atoms with Gasteiger partial charge in [0.2, 0.25) is 0 Å². The van der Waals surface area contributed by atoms with Gasteiger partial charge in [-0.2, -0.15) is 0 Å². The van der Waals surface area contributed by atoms with E-state index in [0.717, 1.165) is 10.0 Å². The number of amides is 2. The van der Waals surface area contributed by atoms with Crippen molar-refractivity contribution < 1.29 is 14.7 Å². The minimum absolute atomic E-state index is 0.0115. The molecular formula is C19H19BrN2O3. The van der Waals surface area contributed by atoms with Crippen molar-refractivity contribution >= 4 is 33.8 Å². The van der Waals surface area contributed by atoms with Crippen molar-refractivity contribution in [3.8, 4) is 0 Å². The van der Waals surface area contributed by atoms with Crippen LogP contribution in [0.3, 0.4) is 0 Å². The van der Waals surface area contributed by atoms with Gasteiger partial charge in [0.15, 0.2) is 0 Å². The quantitative estimate of drug-likeness (QED) is 0.492. The summed E-state index contributed by atoms with van der Waals surface area (Å²) < 4.78 is 0.923. The fourth-order valence-electron chi connectivity index (χ4n) is 2.04. The number of aliphatic hydroxyl groups is 1. The van der Waals surface area contributed by atoms with Crippen molar-refractivity contribution in [1.82, 2.24) is 10.6 Å². The van der Waals surface area contributed by atoms with Crippen LogP contribution >= 0.6 is 15.9 Å². The van der Waals surface area contributed by atoms with Gasteiger partial charge in [0.25, 0.3) is 11.8 Å². The molecule has 0 bridgehead atoms. The zero-order valence-corrected chi connectivity index (χ0v) is 15.1. The largest absolute Gasteiger partial charge is 0.396 e. The topological polar surface area (TPSA) is 78.4 Å². The first-order valence-corrected chi connectivity index (χ1v) is 8.62. The molecule has 0 atom stereocenters. The maximum Gasteiger partial charge on any atom is 0.267 e. The average molecular weight is 403 g/mol. The first-order chi connectivity index (χ1) is 12.1. The van der Waals surface area contributed by atoms with Crippen molar-refractivity contribution in [2.75, 3.05) is 13.2 Å². The van der Waals surface area contributed by atoms with Gasteiger partial charge in [0, 0.05) is 23.2 Å². The molecule has 0 aliphatic carbocycles. The predicted molar refractivity (Wildman–Crippen MR) is 101 cm³/mol. The summed E-state index contributed by atoms with van der Waals surface area (Å²) in [6, 6.07) is 16.1. The molecule has 5 nitrogen and oxygen atoms in total. The SMILES string of the molecule is O=C(NCCCO)/C(=C/c1ccc(Br)cc1)NC(=O)c1ccccc1. The summed E-state index contributed by atoms with van der Waals surface area (Å²) in [6.07, 6.45) is 2.06. The highest BCUT2D eigenvalue weighted by Gasteiger charge is 2.14. The minimum Gasteiger partial charge on any atom is -0.396 e. The van der Waals surface area contributed by atoms with Crippen LogP contribution in [0.15, 0.2) is 64.8 Å². The number of hydrogen-bond acceptors (Lipinski definition) is 3. The molecule has 0 heterocycles. The lowest BCUT2D eigenvalue weighted by Crippen LogP contribution is -2.35. The Balaban J connectivity index is 2.20. The predicted octanol–water partition coefficient (Wildman–Crippen LogP) is 2.72. The van der Waals surface area contributed by atoms with Crippen molar-refractivity contribution in [2.24, 2.45) is 0 Å². The van der Waals surface area contributed by atoms with Crippen LogP contribution in [0.1, 0.15) is 22.3 Å². The summed E-state index contributed by atoms with van der Waals surface area (Å²) in [7, 11) is 0. The van der Waals surface area contributed by atoms with Crippen LogP contribution in [-0.2, 0) is 4.79 Å². The van der Waals surface area contributed by atoms with E-state index < -0.39 is 5.91 Å². The normalized spacial score (nSPS) is 11.0. The van der Waals surface area contributed by atoms with Crippen LogP contribution in [0.5, 0.6) is 0 Å². The molecule has 2 aromatic carbocycles. The molecule has 0 saturated heterocycles. The fourth-order valence-corrected chi connectivity index (χ4v) is 2.31. The van der Waals surface area contributed by atoms with Crippen molar-refractivity contribution in [2.45, 2.75) is 6.42 Å². The lowest BCUT2D eigenvalue weighted by molar-refractivity contribution is -0.117. The van der Waals surface area contributed by atoms with E-state index in [9.17, 15) is 9.59 Å². The molecule has 6 heteroatoms. The van der Waals surface area contributed by atoms with Gasteiger partial charge in [-0.05, 0) is 42.3 Å². The molecular weight excluding hydrogens is 384 g/mol. The van der Waals surface area contributed by atoms with E-state index in [1.165, 1.54) is 0 Å². The number of halogens is 1. The Kier molecular flexibility index (Phi) is 7.37. The molecule has 25 heavy (non-hydrogen) atoms. The Bertz CT molecular complexity index is 743. The fraction of sp³-hybridized carbons (Fsp3) is 0.158. The molecule has 0 aromatic heterocycles. The van der Waals surface area contributed by atoms with Gasteiger partial charge in [-0.25, -0.2) is 0 Å². The van der Waals surface area contributed by atoms with Gasteiger partial charge in [-0.3, -0.25) is 9.59 Å². The summed E-state index contributed by atoms with van der Waals surface area (Å²) in [5.74, 6) is -0.762. The number of benzene rings is 2. The van der Waals surface area contributed by atoms with E-state index in [2.05, 4.69) is 26.6 Å². The van der Waals surface area contributed by atoms with Crippen LogP contribution < -0.4 is 10.6 Å². The third-order valence-corrected chi connectivity index (χ3v) is 3.86. The Morgan fingerprint density at radius 3 is 2.36 bits per heavy atom. The van der Waals surface area contributed by atoms with Gasteiger partial charge in [-0.15, -0.1) is 0 Å². The molecule has 3 N–H and O–H groups in total. The van der Waals surface area contributed by atoms with Crippen LogP contribution in [-0.4, -0.2) is 30.1 Å². The van der Waals surface area contributed by atoms with Gasteiger partial charge < -0.3 is 15.7 Å². The highest BCUT2D eigenvalue weighted by Crippen LogP contribution is 2.13. The number of hydrogen-bond donors (Lipinski definition) is 3. The zero-order chi connectivity index (χ0) is 18.1. The van der Waals surface area contributed by atoms with E-state index in [0.29, 0.717) is 18.5 Å². The number of aliphatic hydroxyl groups excluding tert-OH is 1. The molecule has 0 aliphatic heterocycles. The molecule has 0 unspecified atom stereocenters. The van der Waals surface area contributed by atoms with Crippen LogP contribution in [0.4, 0.5) is 0 Å². The standard InChI is InChI=1S/C19H19BrN2O3/c20-16-9-7-14(8-10-16)13-17(19(25)21-11-4-12-23)22-18(24)15-5-2-1-3-6-15/h1-3,5-10,13,23H,4,11-12H2,(H,21,25)(H,22,24)/b17-13-. The molecule has 2 amide bonds. The number of rotatable bonds is 7. The number of carbonyl (C=O) groups is 2. The van der Waals surface area contributed by atoms with Crippen LogP contribution in [0.2, 0.25) is 0 Å². The molecule has 2 aromatic rings. The Morgan fingerprint density at radius 1 is 1.04 bits per heavy atom. The van der Waals surface area contributed by atoms with Crippen LogP contribution in [0, 0.1) is 0 Å². The summed E-state index contributed by atoms with van der Waals surface area (Å²) in [5, 5.41) is 14.2. The second kappa shape index (κ2) is 9.76. The highest BCUT2D eigenvalue weighted by molar-refractivity contribution is 9.10. The molecule has 2 rings (SSSR count). The van der Waals surface area contributed by atoms with Gasteiger partial charge in [0.05, 0.1) is 0 Å². The highest BCUT2D eigenvalue weighted by atomic mass is 79.9. The van der Waals surface area contributed by atoms with Crippen molar-refractivity contribution in [3.63, 3.8) is 0 Å². The minimum atomic E-state index is -0.402. The monoisotopic (exact) mass is 402 g/mol. The van der Waals surface area contributed by atoms with Gasteiger partial charge >= 0.3 is 0 Å². The second-order valence-electron chi connectivity index (χ2n) is 5.26. The number of nitrogens with one attached hydrogen (secondary N) is 2. The third kappa shape index (κ3) is 6.17. The molecule has 0 spiro atoms. The number of carbonyl (C=O) groups excluding carboxylic acids is 2. The van der Waals surface area contributed by atoms with E-state index in [1.54, 1.807) is 30.3 Å². The summed E-state index contributed by atoms with van der Waals surface area (Å²) >= 11 is 3.36. The Labute approximate surface area is 154 Å². The molecule has 0 fully saturated rings. The summed E-state index contributed by atoms with van der Waals surface area (Å²) in [4.78, 5) is 24.7. The molecule has 0 saturated carbocycles. The van der Waals surface area contributed by atoms with Crippen LogP contribution in [0.25, 0.3) is 6.08 Å². The molecule has 0 aliphatic rings. The lowest BCUT2D eigenvalue weighted by Gasteiger charge is -2.11. The Hall–Kier alpha value is -2.44. The first-order valence-electron chi connectivity index (χ1n) is 7.83. The maximum absolute atomic E-state index is 12.4. The zero-order valence-electron chi connectivity index (χ0n) is 13.5. The Morgan fingerprint density at radius 2 is 1.72 bits per heavy atom. The van der Waals surface area contributed by atoms with E-state index in [1.807, 2.05) is 30.3 Å². The second-order valence-corrected chi connectivity index (χ2v) is 6.18. The van der Waals surface area contributed by atoms with Crippen molar-refractivity contribution in [3.05, 3.63) is 75.9 Å². The van der Waals surface area contributed by atoms with Crippen molar-refractivity contribution in [1.29, 1.82) is 0 Å². The summed E-state index contributed by atoms with van der Waals surface area (Å²) in [6.45, 7) is 0.316. The molecule has 130 valence electrons. The third-order valence-electron chi connectivity index (χ3n) is 3.33. The van der Waals surface area contributed by atoms with E-state index >= 15 is 0 Å². The lowest BCUT2D eigenvalue weighted by atomic mass is 10.1. The van der Waals surface area contributed by atoms with E-state index in [4.69, 9.17) is 5.11 Å². The van der Waals surface area contributed by atoms with Gasteiger partial charge in [0.1, 0.15) is 5.70 Å². The van der Waals surface area contributed by atoms with E-state index in [-0.39, 0.29) is 18.2 Å². The first kappa shape index (κ1) is 18.9. The van der Waals surface area contributed by atoms with Gasteiger partial charge in [-0.1, -0.05) is 46.3 Å². The maximum atomic E-state index is 12.4. The average Bonchev–Trinajstić information content (AvgIpc) is 2.63.